The summed E-state index contributed by atoms with van der Waals surface area (Å²) in [4.78, 5) is 80.1. The van der Waals surface area contributed by atoms with Crippen LogP contribution in [0.15, 0.2) is 53.9 Å². The summed E-state index contributed by atoms with van der Waals surface area (Å²) in [6.45, 7) is 7.10. The fourth-order valence-electron chi connectivity index (χ4n) is 9.76. The summed E-state index contributed by atoms with van der Waals surface area (Å²) in [7, 11) is -2.86. The number of benzene rings is 2. The number of carbonyl (C=O) groups excluding carboxylic acids is 4. The van der Waals surface area contributed by atoms with Crippen LogP contribution in [0.5, 0.6) is 11.5 Å². The molecule has 18 heteroatoms. The van der Waals surface area contributed by atoms with Crippen LogP contribution in [0.4, 0.5) is 9.52 Å². The second-order valence-electron chi connectivity index (χ2n) is 18.6. The van der Waals surface area contributed by atoms with Gasteiger partial charge in [-0.15, -0.1) is 11.3 Å². The summed E-state index contributed by atoms with van der Waals surface area (Å²) in [6, 6.07) is 8.56. The van der Waals surface area contributed by atoms with Crippen molar-refractivity contribution < 1.29 is 52.0 Å². The van der Waals surface area contributed by atoms with Crippen molar-refractivity contribution in [2.75, 3.05) is 19.0 Å². The Labute approximate surface area is 398 Å². The van der Waals surface area contributed by atoms with Crippen LogP contribution < -0.4 is 14.8 Å². The van der Waals surface area contributed by atoms with Crippen molar-refractivity contribution >= 4 is 70.0 Å². The van der Waals surface area contributed by atoms with E-state index in [1.807, 2.05) is 19.2 Å². The minimum absolute atomic E-state index is 0.0289. The zero-order valence-electron chi connectivity index (χ0n) is 38.3. The van der Waals surface area contributed by atoms with Gasteiger partial charge in [0.1, 0.15) is 46.3 Å². The van der Waals surface area contributed by atoms with Crippen molar-refractivity contribution in [3.05, 3.63) is 75.9 Å². The van der Waals surface area contributed by atoms with E-state index in [9.17, 15) is 19.0 Å². The Morgan fingerprint density at radius 3 is 2.63 bits per heavy atom. The number of methoxy groups -OCH3 is 1. The molecule has 1 saturated heterocycles. The molecular weight excluding hydrogens is 922 g/mol. The third-order valence-electron chi connectivity index (χ3n) is 13.5. The summed E-state index contributed by atoms with van der Waals surface area (Å²) in [6.07, 6.45) is 3.54. The molecule has 1 amide bonds. The SMILES string of the molecule is COc1ccc2c(O[C@@H]3C[C@H]4C(=O)C[C@]5(P(=O)(O)Cc6c(C)cccc6F)C[C@H]5/C=C\CCC(=O)O[C@@H](C)[C@H](CC(=O)OC5CCCC5)C(=O)N4C3)cc(-c3csc(NC(C)C)n3)nc2c1Cl. The van der Waals surface area contributed by atoms with Crippen LogP contribution in [0.3, 0.4) is 0 Å². The smallest absolute Gasteiger partial charge is 0.307 e. The molecule has 67 heavy (non-hydrogen) atoms. The van der Waals surface area contributed by atoms with E-state index >= 15 is 14.0 Å². The number of carbonyl (C=O) groups is 4. The number of hydrogen-bond acceptors (Lipinski definition) is 13. The van der Waals surface area contributed by atoms with E-state index in [-0.39, 0.29) is 55.0 Å². The predicted molar refractivity (Wildman–Crippen MR) is 253 cm³/mol. The molecular formula is C49H57ClFN4O10PS. The number of rotatable bonds is 12. The van der Waals surface area contributed by atoms with E-state index in [2.05, 4.69) is 5.32 Å². The average molecular weight is 980 g/mol. The summed E-state index contributed by atoms with van der Waals surface area (Å²) >= 11 is 8.30. The number of Topliss-reactive ketones (excluding diaryl/α,β-unsaturated/α-hetero) is 1. The molecule has 2 saturated carbocycles. The molecule has 2 aromatic carbocycles. The van der Waals surface area contributed by atoms with Gasteiger partial charge in [0.2, 0.25) is 13.3 Å². The summed E-state index contributed by atoms with van der Waals surface area (Å²) in [5, 5.41) is 5.14. The van der Waals surface area contributed by atoms with E-state index in [1.165, 1.54) is 35.5 Å². The van der Waals surface area contributed by atoms with Gasteiger partial charge in [0.05, 0.1) is 54.6 Å². The first-order valence-corrected chi connectivity index (χ1v) is 26.1. The number of anilines is 1. The number of nitrogens with zero attached hydrogens (tertiary/aromatic N) is 3. The second kappa shape index (κ2) is 20.0. The van der Waals surface area contributed by atoms with Crippen molar-refractivity contribution in [2.24, 2.45) is 11.8 Å². The van der Waals surface area contributed by atoms with Gasteiger partial charge in [-0.25, -0.2) is 14.4 Å². The lowest BCUT2D eigenvalue weighted by Crippen LogP contribution is -2.48. The van der Waals surface area contributed by atoms with Crippen LogP contribution in [0.1, 0.15) is 96.1 Å². The molecule has 1 unspecified atom stereocenters. The first-order chi connectivity index (χ1) is 32.0. The largest absolute Gasteiger partial charge is 0.495 e. The highest BCUT2D eigenvalue weighted by Gasteiger charge is 2.65. The van der Waals surface area contributed by atoms with Crippen molar-refractivity contribution in [1.82, 2.24) is 14.9 Å². The van der Waals surface area contributed by atoms with Gasteiger partial charge in [0.25, 0.3) is 0 Å². The molecule has 3 fully saturated rings. The highest BCUT2D eigenvalue weighted by molar-refractivity contribution is 7.59. The Kier molecular flexibility index (Phi) is 14.5. The van der Waals surface area contributed by atoms with Gasteiger partial charge in [-0.2, -0.15) is 0 Å². The van der Waals surface area contributed by atoms with Gasteiger partial charge < -0.3 is 34.1 Å². The van der Waals surface area contributed by atoms with Crippen molar-refractivity contribution in [3.63, 3.8) is 0 Å². The number of aromatic nitrogens is 2. The molecule has 2 aliphatic heterocycles. The van der Waals surface area contributed by atoms with Gasteiger partial charge in [0.15, 0.2) is 10.9 Å². The molecule has 2 aliphatic carbocycles. The average Bonchev–Trinajstić information content (AvgIpc) is 3.69. The van der Waals surface area contributed by atoms with E-state index in [4.69, 9.17) is 40.5 Å². The molecule has 2 N–H and O–H groups in total. The number of ether oxygens (including phenoxy) is 4. The third kappa shape index (κ3) is 10.4. The first kappa shape index (κ1) is 48.6. The van der Waals surface area contributed by atoms with Crippen molar-refractivity contribution in [1.29, 1.82) is 0 Å². The quantitative estimate of drug-likeness (QED) is 0.0778. The highest BCUT2D eigenvalue weighted by Crippen LogP contribution is 2.74. The zero-order chi connectivity index (χ0) is 47.8. The molecule has 2 aromatic heterocycles. The molecule has 358 valence electrons. The lowest BCUT2D eigenvalue weighted by Gasteiger charge is -2.32. The number of cyclic esters (lactones) is 1. The van der Waals surface area contributed by atoms with Gasteiger partial charge in [-0.3, -0.25) is 23.7 Å². The van der Waals surface area contributed by atoms with Crippen LogP contribution in [-0.2, 0) is 39.4 Å². The standard InChI is InChI=1S/C49H57ClFN4O10PS/c1-27(2)52-48-54-38(26-67-48)37-21-42(33-17-18-41(62-5)45(50)46(33)53-37)64-32-19-39-40(56)23-49(66(60,61)25-35-28(3)11-10-15-36(35)51)22-30(49)12-6-9-16-43(57)63-29(4)34(47(59)55(39)24-32)20-44(58)65-31-13-7-8-14-31/h6,10-12,15,17-18,21,26-27,29-32,34,39H,7-9,13-14,16,19-20,22-25H2,1-5H3,(H,52,54)(H,60,61)/b12-6-/t29-,30+,32+,34-,39-,49+/m0/s1. The number of esters is 2. The Morgan fingerprint density at radius 1 is 1.12 bits per heavy atom. The van der Waals surface area contributed by atoms with E-state index in [1.54, 1.807) is 50.3 Å². The lowest BCUT2D eigenvalue weighted by atomic mass is 9.96. The summed E-state index contributed by atoms with van der Waals surface area (Å²) < 4.78 is 54.0. The number of fused-ring (bicyclic) bond motifs is 3. The maximum absolute atomic E-state index is 15.3. The van der Waals surface area contributed by atoms with Crippen LogP contribution in [0.25, 0.3) is 22.3 Å². The van der Waals surface area contributed by atoms with Gasteiger partial charge in [-0.1, -0.05) is 35.9 Å². The number of hydrogen-bond donors (Lipinski definition) is 2. The van der Waals surface area contributed by atoms with Crippen LogP contribution in [0.2, 0.25) is 5.02 Å². The van der Waals surface area contributed by atoms with Gasteiger partial charge in [0, 0.05) is 47.7 Å². The van der Waals surface area contributed by atoms with Gasteiger partial charge in [-0.05, 0) is 95.9 Å². The highest BCUT2D eigenvalue weighted by atomic mass is 35.5. The number of amides is 1. The van der Waals surface area contributed by atoms with Crippen LogP contribution >= 0.6 is 30.3 Å². The molecule has 0 bridgehead atoms. The summed E-state index contributed by atoms with van der Waals surface area (Å²) in [5.41, 5.74) is 1.98. The number of halogens is 2. The number of aryl methyl sites for hydroxylation is 1. The molecule has 0 spiro atoms. The van der Waals surface area contributed by atoms with E-state index in [0.717, 1.165) is 12.8 Å². The normalized spacial score (nSPS) is 26.3. The number of pyridine rings is 1. The topological polar surface area (TPSA) is 184 Å². The maximum Gasteiger partial charge on any atom is 0.307 e. The third-order valence-corrected chi connectivity index (χ3v) is 17.5. The van der Waals surface area contributed by atoms with Crippen LogP contribution in [-0.4, -0.2) is 92.6 Å². The number of thiazole rings is 1. The number of allylic oxidation sites excluding steroid dienone is 2. The van der Waals surface area contributed by atoms with Crippen molar-refractivity contribution in [2.45, 2.75) is 134 Å². The molecule has 7 atom stereocenters. The zero-order valence-corrected chi connectivity index (χ0v) is 40.8. The van der Waals surface area contributed by atoms with Crippen molar-refractivity contribution in [3.8, 4) is 22.9 Å². The van der Waals surface area contributed by atoms with Crippen LogP contribution in [0, 0.1) is 24.6 Å². The Bertz CT molecular complexity index is 2620. The van der Waals surface area contributed by atoms with Gasteiger partial charge >= 0.3 is 11.9 Å². The molecule has 8 rings (SSSR count). The molecule has 4 heterocycles. The Balaban J connectivity index is 1.18. The maximum atomic E-state index is 15.3. The van der Waals surface area contributed by atoms with E-state index in [0.29, 0.717) is 57.3 Å². The molecule has 14 nitrogen and oxygen atoms in total. The number of nitrogens with one attached hydrogen (secondary N) is 1. The number of ketones is 1. The molecule has 4 aliphatic rings. The monoisotopic (exact) mass is 978 g/mol. The fourth-order valence-corrected chi connectivity index (χ4v) is 13.5. The molecule has 0 radical (unpaired) electrons. The summed E-state index contributed by atoms with van der Waals surface area (Å²) in [5.74, 6) is -4.00. The Hall–Kier alpha value is -4.89. The fraction of sp³-hybridized carbons (Fsp3) is 0.510. The second-order valence-corrected chi connectivity index (χ2v) is 22.5. The predicted octanol–water partition coefficient (Wildman–Crippen LogP) is 9.60. The lowest BCUT2D eigenvalue weighted by molar-refractivity contribution is -0.163. The Morgan fingerprint density at radius 2 is 1.90 bits per heavy atom. The minimum Gasteiger partial charge on any atom is -0.495 e. The molecule has 4 aromatic rings. The minimum atomic E-state index is -4.36. The first-order valence-electron chi connectivity index (χ1n) is 23.0. The van der Waals surface area contributed by atoms with E-state index < -0.39 is 91.1 Å².